The second kappa shape index (κ2) is 4.48. The van der Waals surface area contributed by atoms with Crippen LogP contribution in [0, 0.1) is 0 Å². The van der Waals surface area contributed by atoms with E-state index in [1.54, 1.807) is 17.8 Å². The summed E-state index contributed by atoms with van der Waals surface area (Å²) in [5, 5.41) is 11.4. The van der Waals surface area contributed by atoms with Gasteiger partial charge in [0.05, 0.1) is 5.69 Å². The van der Waals surface area contributed by atoms with Gasteiger partial charge in [0.2, 0.25) is 5.82 Å². The number of carbonyl (C=O) groups is 2. The predicted octanol–water partition coefficient (Wildman–Crippen LogP) is 0.291. The van der Waals surface area contributed by atoms with E-state index in [-0.39, 0.29) is 11.6 Å². The molecule has 4 N–H and O–H groups in total. The highest BCUT2D eigenvalue weighted by atomic mass is 16.4. The number of rotatable bonds is 3. The Hall–Kier alpha value is -2.77. The molecule has 0 aliphatic carbocycles. The lowest BCUT2D eigenvalue weighted by Gasteiger charge is -2.02. The number of hydrogen-bond donors (Lipinski definition) is 3. The van der Waals surface area contributed by atoms with E-state index in [4.69, 9.17) is 10.8 Å². The van der Waals surface area contributed by atoms with Crippen molar-refractivity contribution in [1.82, 2.24) is 14.1 Å². The van der Waals surface area contributed by atoms with Crippen LogP contribution in [0.25, 0.3) is 0 Å². The summed E-state index contributed by atoms with van der Waals surface area (Å²) in [4.78, 5) is 26.6. The van der Waals surface area contributed by atoms with E-state index in [0.29, 0.717) is 11.4 Å². The van der Waals surface area contributed by atoms with Gasteiger partial charge in [-0.2, -0.15) is 0 Å². The fourth-order valence-electron chi connectivity index (χ4n) is 1.72. The first-order valence-corrected chi connectivity index (χ1v) is 5.38. The summed E-state index contributed by atoms with van der Waals surface area (Å²) in [6.45, 7) is 0. The van der Waals surface area contributed by atoms with E-state index in [1.165, 1.54) is 23.9 Å². The van der Waals surface area contributed by atoms with Crippen LogP contribution >= 0.6 is 0 Å². The van der Waals surface area contributed by atoms with Gasteiger partial charge in [0.15, 0.2) is 5.82 Å². The van der Waals surface area contributed by atoms with Crippen LogP contribution in [0.5, 0.6) is 0 Å². The number of nitrogens with zero attached hydrogens (tertiary/aromatic N) is 3. The molecule has 2 rings (SSSR count). The second-order valence-electron chi connectivity index (χ2n) is 4.09. The van der Waals surface area contributed by atoms with E-state index in [2.05, 4.69) is 10.3 Å². The summed E-state index contributed by atoms with van der Waals surface area (Å²) >= 11 is 0. The number of nitrogens with one attached hydrogen (secondary N) is 1. The standard InChI is InChI=1S/C11H13N5O3/c1-15-4-6(12)3-7(15)10(17)14-8-5-16(2)9(13-8)11(18)19/h3-5H,12H2,1-2H3,(H,14,17)(H,18,19). The quantitative estimate of drug-likeness (QED) is 0.736. The van der Waals surface area contributed by atoms with E-state index in [1.807, 2.05) is 0 Å². The zero-order valence-corrected chi connectivity index (χ0v) is 10.4. The minimum absolute atomic E-state index is 0.151. The van der Waals surface area contributed by atoms with Crippen molar-refractivity contribution in [1.29, 1.82) is 0 Å². The van der Waals surface area contributed by atoms with Crippen molar-refractivity contribution in [3.63, 3.8) is 0 Å². The molecule has 0 radical (unpaired) electrons. The maximum Gasteiger partial charge on any atom is 0.372 e. The molecule has 0 spiro atoms. The lowest BCUT2D eigenvalue weighted by molar-refractivity contribution is 0.0679. The Balaban J connectivity index is 2.22. The van der Waals surface area contributed by atoms with Gasteiger partial charge in [-0.1, -0.05) is 0 Å². The van der Waals surface area contributed by atoms with Gasteiger partial charge in [0, 0.05) is 26.5 Å². The van der Waals surface area contributed by atoms with E-state index in [0.717, 1.165) is 0 Å². The van der Waals surface area contributed by atoms with Gasteiger partial charge in [-0.25, -0.2) is 9.78 Å². The maximum atomic E-state index is 12.0. The lowest BCUT2D eigenvalue weighted by atomic mass is 10.4. The highest BCUT2D eigenvalue weighted by Gasteiger charge is 2.16. The molecule has 100 valence electrons. The molecule has 0 saturated heterocycles. The highest BCUT2D eigenvalue weighted by molar-refractivity contribution is 6.03. The number of aromatic carboxylic acids is 1. The van der Waals surface area contributed by atoms with Crippen molar-refractivity contribution >= 4 is 23.4 Å². The Morgan fingerprint density at radius 2 is 2.00 bits per heavy atom. The van der Waals surface area contributed by atoms with Crippen molar-refractivity contribution in [2.75, 3.05) is 11.1 Å². The van der Waals surface area contributed by atoms with Crippen LogP contribution in [-0.2, 0) is 14.1 Å². The largest absolute Gasteiger partial charge is 0.475 e. The molecular formula is C11H13N5O3. The number of imidazole rings is 1. The number of nitrogen functional groups attached to an aromatic ring is 1. The third-order valence-corrected chi connectivity index (χ3v) is 2.57. The van der Waals surface area contributed by atoms with Crippen molar-refractivity contribution in [2.45, 2.75) is 0 Å². The topological polar surface area (TPSA) is 115 Å². The van der Waals surface area contributed by atoms with Gasteiger partial charge in [-0.3, -0.25) is 4.79 Å². The average molecular weight is 263 g/mol. The predicted molar refractivity (Wildman–Crippen MR) is 67.9 cm³/mol. The van der Waals surface area contributed by atoms with Crippen LogP contribution in [0.1, 0.15) is 21.1 Å². The van der Waals surface area contributed by atoms with E-state index in [9.17, 15) is 9.59 Å². The van der Waals surface area contributed by atoms with Crippen molar-refractivity contribution in [3.05, 3.63) is 30.0 Å². The summed E-state index contributed by atoms with van der Waals surface area (Å²) in [5.74, 6) is -1.55. The third kappa shape index (κ3) is 2.41. The monoisotopic (exact) mass is 263 g/mol. The number of aromatic nitrogens is 3. The van der Waals surface area contributed by atoms with Crippen molar-refractivity contribution in [3.8, 4) is 0 Å². The van der Waals surface area contributed by atoms with Crippen LogP contribution in [0.2, 0.25) is 0 Å². The fourth-order valence-corrected chi connectivity index (χ4v) is 1.72. The molecule has 0 bridgehead atoms. The molecule has 0 aliphatic heterocycles. The molecule has 0 fully saturated rings. The summed E-state index contributed by atoms with van der Waals surface area (Å²) in [7, 11) is 3.22. The van der Waals surface area contributed by atoms with Gasteiger partial charge in [0.1, 0.15) is 5.69 Å². The smallest absolute Gasteiger partial charge is 0.372 e. The molecule has 0 saturated carbocycles. The Morgan fingerprint density at radius 1 is 1.32 bits per heavy atom. The van der Waals surface area contributed by atoms with Gasteiger partial charge in [0.25, 0.3) is 5.91 Å². The molecule has 8 nitrogen and oxygen atoms in total. The molecule has 0 unspecified atom stereocenters. The van der Waals surface area contributed by atoms with Gasteiger partial charge >= 0.3 is 5.97 Å². The minimum Gasteiger partial charge on any atom is -0.475 e. The minimum atomic E-state index is -1.16. The zero-order chi connectivity index (χ0) is 14.2. The summed E-state index contributed by atoms with van der Waals surface area (Å²) in [5.41, 5.74) is 6.41. The molecule has 0 aromatic carbocycles. The summed E-state index contributed by atoms with van der Waals surface area (Å²) in [6, 6.07) is 1.52. The Morgan fingerprint density at radius 3 is 2.47 bits per heavy atom. The molecule has 8 heteroatoms. The van der Waals surface area contributed by atoms with Gasteiger partial charge in [-0.05, 0) is 6.07 Å². The molecule has 0 atom stereocenters. The SMILES string of the molecule is Cn1cc(N)cc1C(=O)Nc1cn(C)c(C(=O)O)n1. The summed E-state index contributed by atoms with van der Waals surface area (Å²) < 4.78 is 2.89. The Bertz CT molecular complexity index is 655. The molecule has 0 aliphatic rings. The maximum absolute atomic E-state index is 12.0. The number of carboxylic acid groups (broad SMARTS) is 1. The first-order chi connectivity index (χ1) is 8.88. The zero-order valence-electron chi connectivity index (χ0n) is 10.4. The number of carboxylic acids is 1. The molecule has 1 amide bonds. The van der Waals surface area contributed by atoms with Crippen LogP contribution in [0.4, 0.5) is 11.5 Å². The van der Waals surface area contributed by atoms with Gasteiger partial charge < -0.3 is 25.3 Å². The Kier molecular flexibility index (Phi) is 2.99. The van der Waals surface area contributed by atoms with E-state index < -0.39 is 11.9 Å². The Labute approximate surface area is 108 Å². The van der Waals surface area contributed by atoms with E-state index >= 15 is 0 Å². The van der Waals surface area contributed by atoms with Crippen molar-refractivity contribution < 1.29 is 14.7 Å². The second-order valence-corrected chi connectivity index (χ2v) is 4.09. The first kappa shape index (κ1) is 12.7. The fraction of sp³-hybridized carbons (Fsp3) is 0.182. The third-order valence-electron chi connectivity index (χ3n) is 2.57. The number of carbonyl (C=O) groups excluding carboxylic acids is 1. The number of hydrogen-bond acceptors (Lipinski definition) is 4. The van der Waals surface area contributed by atoms with Crippen LogP contribution < -0.4 is 11.1 Å². The number of amides is 1. The van der Waals surface area contributed by atoms with Gasteiger partial charge in [-0.15, -0.1) is 0 Å². The normalized spacial score (nSPS) is 10.4. The van der Waals surface area contributed by atoms with Crippen molar-refractivity contribution in [2.24, 2.45) is 14.1 Å². The number of nitrogens with two attached hydrogens (primary N) is 1. The molecule has 2 aromatic heterocycles. The summed E-state index contributed by atoms with van der Waals surface area (Å²) in [6.07, 6.45) is 3.03. The lowest BCUT2D eigenvalue weighted by Crippen LogP contribution is -2.15. The number of aryl methyl sites for hydroxylation is 2. The van der Waals surface area contributed by atoms with Crippen LogP contribution in [0.3, 0.4) is 0 Å². The number of anilines is 2. The first-order valence-electron chi connectivity index (χ1n) is 5.38. The average Bonchev–Trinajstić information content (AvgIpc) is 2.81. The molecule has 2 heterocycles. The molecule has 2 aromatic rings. The molecule has 19 heavy (non-hydrogen) atoms. The highest BCUT2D eigenvalue weighted by Crippen LogP contribution is 2.12. The van der Waals surface area contributed by atoms with Crippen LogP contribution in [-0.4, -0.2) is 31.1 Å². The van der Waals surface area contributed by atoms with Crippen LogP contribution in [0.15, 0.2) is 18.5 Å². The molecular weight excluding hydrogens is 250 g/mol.